The molecule has 0 radical (unpaired) electrons. The van der Waals surface area contributed by atoms with Gasteiger partial charge in [0.15, 0.2) is 0 Å². The van der Waals surface area contributed by atoms with Crippen molar-refractivity contribution in [3.05, 3.63) is 200 Å². The molecule has 0 aliphatic heterocycles. The molecule has 0 unspecified atom stereocenters. The average molecular weight is 624 g/mol. The van der Waals surface area contributed by atoms with E-state index >= 15 is 0 Å². The summed E-state index contributed by atoms with van der Waals surface area (Å²) >= 11 is 0. The second kappa shape index (κ2) is 12.3. The lowest BCUT2D eigenvalue weighted by molar-refractivity contribution is 1.29. The van der Waals surface area contributed by atoms with Crippen LogP contribution in [0.25, 0.3) is 65.7 Å². The molecule has 0 heterocycles. The highest BCUT2D eigenvalue weighted by atomic mass is 15.1. The van der Waals surface area contributed by atoms with E-state index in [1.807, 2.05) is 0 Å². The molecular weight excluding hydrogens is 591 g/mol. The van der Waals surface area contributed by atoms with Crippen molar-refractivity contribution in [1.82, 2.24) is 0 Å². The van der Waals surface area contributed by atoms with Gasteiger partial charge in [-0.25, -0.2) is 0 Å². The molecule has 1 heteroatoms. The Kier molecular flexibility index (Phi) is 7.22. The number of hydrogen-bond donors (Lipinski definition) is 0. The van der Waals surface area contributed by atoms with Crippen LogP contribution < -0.4 is 4.90 Å². The summed E-state index contributed by atoms with van der Waals surface area (Å²) in [6, 6.07) is 72.4. The first-order valence-electron chi connectivity index (χ1n) is 16.9. The molecule has 230 valence electrons. The minimum Gasteiger partial charge on any atom is -0.310 e. The quantitative estimate of drug-likeness (QED) is 0.167. The second-order valence-corrected chi connectivity index (χ2v) is 12.5. The molecule has 0 aliphatic rings. The largest absolute Gasteiger partial charge is 0.310 e. The smallest absolute Gasteiger partial charge is 0.0468 e. The van der Waals surface area contributed by atoms with Gasteiger partial charge in [-0.05, 0) is 102 Å². The zero-order valence-electron chi connectivity index (χ0n) is 27.0. The number of hydrogen-bond acceptors (Lipinski definition) is 1. The van der Waals surface area contributed by atoms with E-state index in [2.05, 4.69) is 205 Å². The number of benzene rings is 9. The Morgan fingerprint density at radius 3 is 1.18 bits per heavy atom. The molecule has 9 aromatic carbocycles. The molecule has 0 spiro atoms. The molecule has 0 atom stereocenters. The van der Waals surface area contributed by atoms with E-state index in [-0.39, 0.29) is 0 Å². The van der Waals surface area contributed by atoms with Crippen molar-refractivity contribution in [2.45, 2.75) is 0 Å². The molecule has 0 saturated heterocycles. The molecule has 9 rings (SSSR count). The van der Waals surface area contributed by atoms with Gasteiger partial charge < -0.3 is 4.90 Å². The van der Waals surface area contributed by atoms with E-state index in [1.165, 1.54) is 65.7 Å². The highest BCUT2D eigenvalue weighted by molar-refractivity contribution is 6.25. The first-order valence-corrected chi connectivity index (χ1v) is 16.9. The number of anilines is 3. The topological polar surface area (TPSA) is 3.24 Å². The third-order valence-electron chi connectivity index (χ3n) is 9.65. The summed E-state index contributed by atoms with van der Waals surface area (Å²) in [6.07, 6.45) is 0. The van der Waals surface area contributed by atoms with E-state index in [0.717, 1.165) is 17.1 Å². The first-order chi connectivity index (χ1) is 24.3. The SMILES string of the molecule is c1ccc(-c2ccc(N(c3ccc(-c4ccccc4)c(-c4ccccc4)c3)c3ccc4c5ccccc5c5ccccc5c4c3)cc2)cc1. The molecule has 0 fully saturated rings. The molecule has 0 aliphatic carbocycles. The van der Waals surface area contributed by atoms with Crippen molar-refractivity contribution in [3.63, 3.8) is 0 Å². The van der Waals surface area contributed by atoms with Gasteiger partial charge in [-0.2, -0.15) is 0 Å². The van der Waals surface area contributed by atoms with Crippen LogP contribution in [0, 0.1) is 0 Å². The minimum atomic E-state index is 1.11. The van der Waals surface area contributed by atoms with Crippen LogP contribution in [0.15, 0.2) is 200 Å². The fourth-order valence-electron chi connectivity index (χ4n) is 7.31. The summed E-state index contributed by atoms with van der Waals surface area (Å²) < 4.78 is 0. The van der Waals surface area contributed by atoms with Crippen molar-refractivity contribution in [1.29, 1.82) is 0 Å². The van der Waals surface area contributed by atoms with Crippen molar-refractivity contribution < 1.29 is 0 Å². The van der Waals surface area contributed by atoms with Gasteiger partial charge in [0.05, 0.1) is 0 Å². The summed E-state index contributed by atoms with van der Waals surface area (Å²) in [5.41, 5.74) is 10.6. The monoisotopic (exact) mass is 623 g/mol. The van der Waals surface area contributed by atoms with Crippen LogP contribution in [0.3, 0.4) is 0 Å². The predicted molar refractivity (Wildman–Crippen MR) is 210 cm³/mol. The zero-order valence-corrected chi connectivity index (χ0v) is 27.0. The van der Waals surface area contributed by atoms with Crippen molar-refractivity contribution in [2.24, 2.45) is 0 Å². The van der Waals surface area contributed by atoms with E-state index in [0.29, 0.717) is 0 Å². The molecule has 0 bridgehead atoms. The van der Waals surface area contributed by atoms with Gasteiger partial charge in [-0.1, -0.05) is 164 Å². The van der Waals surface area contributed by atoms with Gasteiger partial charge in [0.2, 0.25) is 0 Å². The predicted octanol–water partition coefficient (Wildman–Crippen LogP) is 13.6. The summed E-state index contributed by atoms with van der Waals surface area (Å²) in [7, 11) is 0. The highest BCUT2D eigenvalue weighted by Crippen LogP contribution is 2.43. The van der Waals surface area contributed by atoms with E-state index in [9.17, 15) is 0 Å². The fourth-order valence-corrected chi connectivity index (χ4v) is 7.31. The minimum absolute atomic E-state index is 1.11. The normalized spacial score (nSPS) is 11.3. The standard InChI is InChI=1S/C48H33N/c1-4-14-34(15-5-1)35-24-26-38(27-25-35)49(39-28-30-41(36-16-6-2-7-17-36)47(32-39)37-18-8-3-9-19-37)40-29-31-46-44-22-11-10-20-42(44)43-21-12-13-23-45(43)48(46)33-40/h1-33H. The molecule has 1 nitrogen and oxygen atoms in total. The van der Waals surface area contributed by atoms with Crippen LogP contribution in [0.2, 0.25) is 0 Å². The van der Waals surface area contributed by atoms with Crippen LogP contribution in [0.5, 0.6) is 0 Å². The molecule has 0 amide bonds. The second-order valence-electron chi connectivity index (χ2n) is 12.5. The molecular formula is C48H33N. The maximum Gasteiger partial charge on any atom is 0.0468 e. The Morgan fingerprint density at radius 2 is 0.612 bits per heavy atom. The van der Waals surface area contributed by atoms with Gasteiger partial charge in [0, 0.05) is 17.1 Å². The van der Waals surface area contributed by atoms with Gasteiger partial charge >= 0.3 is 0 Å². The lowest BCUT2D eigenvalue weighted by Gasteiger charge is -2.27. The third kappa shape index (κ3) is 5.23. The van der Waals surface area contributed by atoms with Crippen LogP contribution in [0.1, 0.15) is 0 Å². The Labute approximate surface area is 287 Å². The van der Waals surface area contributed by atoms with Gasteiger partial charge in [0.1, 0.15) is 0 Å². The molecule has 0 saturated carbocycles. The summed E-state index contributed by atoms with van der Waals surface area (Å²) in [5, 5.41) is 7.63. The molecule has 0 aromatic heterocycles. The fraction of sp³-hybridized carbons (Fsp3) is 0. The number of nitrogens with zero attached hydrogens (tertiary/aromatic N) is 1. The Balaban J connectivity index is 1.28. The molecule has 9 aromatic rings. The first kappa shape index (κ1) is 28.8. The van der Waals surface area contributed by atoms with Crippen LogP contribution >= 0.6 is 0 Å². The summed E-state index contributed by atoms with van der Waals surface area (Å²) in [6.45, 7) is 0. The number of fused-ring (bicyclic) bond motifs is 6. The third-order valence-corrected chi connectivity index (χ3v) is 9.65. The zero-order chi connectivity index (χ0) is 32.6. The van der Waals surface area contributed by atoms with Crippen molar-refractivity contribution in [2.75, 3.05) is 4.90 Å². The maximum atomic E-state index is 2.40. The highest BCUT2D eigenvalue weighted by Gasteiger charge is 2.18. The molecule has 49 heavy (non-hydrogen) atoms. The lowest BCUT2D eigenvalue weighted by atomic mass is 9.93. The average Bonchev–Trinajstić information content (AvgIpc) is 3.19. The Bertz CT molecular complexity index is 2540. The van der Waals surface area contributed by atoms with E-state index in [1.54, 1.807) is 0 Å². The summed E-state index contributed by atoms with van der Waals surface area (Å²) in [4.78, 5) is 2.40. The van der Waals surface area contributed by atoms with Crippen LogP contribution in [-0.4, -0.2) is 0 Å². The van der Waals surface area contributed by atoms with Crippen molar-refractivity contribution in [3.8, 4) is 33.4 Å². The van der Waals surface area contributed by atoms with Crippen molar-refractivity contribution >= 4 is 49.4 Å². The Morgan fingerprint density at radius 1 is 0.224 bits per heavy atom. The summed E-state index contributed by atoms with van der Waals surface area (Å²) in [5.74, 6) is 0. The van der Waals surface area contributed by atoms with Gasteiger partial charge in [0.25, 0.3) is 0 Å². The lowest BCUT2D eigenvalue weighted by Crippen LogP contribution is -2.10. The molecule has 0 N–H and O–H groups in total. The number of rotatable bonds is 6. The maximum absolute atomic E-state index is 2.40. The van der Waals surface area contributed by atoms with Crippen LogP contribution in [0.4, 0.5) is 17.1 Å². The van der Waals surface area contributed by atoms with Gasteiger partial charge in [-0.3, -0.25) is 0 Å². The van der Waals surface area contributed by atoms with Crippen LogP contribution in [-0.2, 0) is 0 Å². The van der Waals surface area contributed by atoms with E-state index < -0.39 is 0 Å². The Hall–Kier alpha value is -6.44. The van der Waals surface area contributed by atoms with Gasteiger partial charge in [-0.15, -0.1) is 0 Å². The van der Waals surface area contributed by atoms with E-state index in [4.69, 9.17) is 0 Å².